The maximum Gasteiger partial charge on any atom is 0.405 e. The maximum absolute atomic E-state index is 12.4. The van der Waals surface area contributed by atoms with Crippen molar-refractivity contribution >= 4 is 29.7 Å². The molecule has 156 valence electrons. The van der Waals surface area contributed by atoms with E-state index in [-0.39, 0.29) is 11.1 Å². The fourth-order valence-electron chi connectivity index (χ4n) is 2.48. The van der Waals surface area contributed by atoms with E-state index in [4.69, 9.17) is 0 Å². The van der Waals surface area contributed by atoms with Crippen molar-refractivity contribution in [3.05, 3.63) is 34.9 Å². The average molecular weight is 415 g/mol. The van der Waals surface area contributed by atoms with Crippen molar-refractivity contribution in [2.24, 2.45) is 0 Å². The number of benzene rings is 1. The van der Waals surface area contributed by atoms with Gasteiger partial charge < -0.3 is 10.1 Å². The lowest BCUT2D eigenvalue weighted by Gasteiger charge is -2.20. The van der Waals surface area contributed by atoms with Crippen LogP contribution in [-0.4, -0.2) is 60.0 Å². The van der Waals surface area contributed by atoms with Gasteiger partial charge in [0.2, 0.25) is 0 Å². The van der Waals surface area contributed by atoms with Crippen molar-refractivity contribution in [2.75, 3.05) is 13.2 Å². The molecule has 1 aliphatic heterocycles. The molecule has 0 radical (unpaired) electrons. The molecular weight excluding hydrogens is 399 g/mol. The molecule has 0 fully saturated rings. The highest BCUT2D eigenvalue weighted by atomic mass is 19.4. The number of carbonyl (C=O) groups is 5. The molecule has 0 bridgehead atoms. The van der Waals surface area contributed by atoms with Gasteiger partial charge in [-0.15, -0.1) is 0 Å². The summed E-state index contributed by atoms with van der Waals surface area (Å²) in [4.78, 5) is 60.2. The number of halogens is 3. The van der Waals surface area contributed by atoms with Crippen molar-refractivity contribution in [3.8, 4) is 0 Å². The van der Waals surface area contributed by atoms with Gasteiger partial charge in [0.15, 0.2) is 6.61 Å². The molecule has 5 amide bonds. The van der Waals surface area contributed by atoms with Crippen LogP contribution in [0.3, 0.4) is 0 Å². The van der Waals surface area contributed by atoms with Crippen molar-refractivity contribution in [2.45, 2.75) is 26.1 Å². The first-order valence-corrected chi connectivity index (χ1v) is 8.20. The molecule has 12 heteroatoms. The molecule has 9 nitrogen and oxygen atoms in total. The fourth-order valence-corrected chi connectivity index (χ4v) is 2.48. The third-order valence-electron chi connectivity index (χ3n) is 3.85. The van der Waals surface area contributed by atoms with Gasteiger partial charge >= 0.3 is 18.2 Å². The first-order chi connectivity index (χ1) is 13.4. The number of amides is 5. The van der Waals surface area contributed by atoms with Crippen LogP contribution in [-0.2, 0) is 14.3 Å². The summed E-state index contributed by atoms with van der Waals surface area (Å²) >= 11 is 0. The standard InChI is InChI=1S/C17H16F3N3O6/c1-8-3-4-10-11(5-8)14(26)23(13(10)25)9(2)15(27)29-6-12(24)22-16(28)21-7-17(18,19)20/h3-5,9H,6-7H2,1-2H3,(H2,21,22,24,28). The molecule has 0 saturated heterocycles. The van der Waals surface area contributed by atoms with Crippen LogP contribution in [0.25, 0.3) is 0 Å². The minimum Gasteiger partial charge on any atom is -0.454 e. The second-order valence-corrected chi connectivity index (χ2v) is 6.16. The summed E-state index contributed by atoms with van der Waals surface area (Å²) < 4.78 is 40.6. The van der Waals surface area contributed by atoms with Gasteiger partial charge in [-0.3, -0.25) is 24.6 Å². The Morgan fingerprint density at radius 2 is 1.76 bits per heavy atom. The largest absolute Gasteiger partial charge is 0.454 e. The quantitative estimate of drug-likeness (QED) is 0.545. The van der Waals surface area contributed by atoms with Gasteiger partial charge in [0.1, 0.15) is 12.6 Å². The van der Waals surface area contributed by atoms with Gasteiger partial charge in [-0.05, 0) is 26.0 Å². The van der Waals surface area contributed by atoms with Gasteiger partial charge in [-0.2, -0.15) is 13.2 Å². The Balaban J connectivity index is 1.90. The molecule has 0 aromatic heterocycles. The number of hydrogen-bond acceptors (Lipinski definition) is 6. The van der Waals surface area contributed by atoms with E-state index in [2.05, 4.69) is 4.74 Å². The summed E-state index contributed by atoms with van der Waals surface area (Å²) in [5.74, 6) is -3.70. The van der Waals surface area contributed by atoms with Crippen LogP contribution in [0.5, 0.6) is 0 Å². The zero-order chi connectivity index (χ0) is 21.9. The molecule has 0 saturated carbocycles. The lowest BCUT2D eigenvalue weighted by atomic mass is 10.1. The van der Waals surface area contributed by atoms with E-state index in [9.17, 15) is 37.1 Å². The molecule has 1 unspecified atom stereocenters. The molecule has 1 aliphatic rings. The SMILES string of the molecule is Cc1ccc2c(c1)C(=O)N(C(C)C(=O)OCC(=O)NC(=O)NCC(F)(F)F)C2=O. The number of rotatable bonds is 5. The minimum absolute atomic E-state index is 0.124. The zero-order valence-corrected chi connectivity index (χ0v) is 15.3. The molecule has 1 aromatic rings. The lowest BCUT2D eigenvalue weighted by molar-refractivity contribution is -0.151. The van der Waals surface area contributed by atoms with E-state index < -0.39 is 55.1 Å². The summed E-state index contributed by atoms with van der Waals surface area (Å²) in [6.07, 6.45) is -4.66. The van der Waals surface area contributed by atoms with Crippen LogP contribution in [0.2, 0.25) is 0 Å². The van der Waals surface area contributed by atoms with Crippen LogP contribution < -0.4 is 10.6 Å². The number of esters is 1. The number of imide groups is 2. The first-order valence-electron chi connectivity index (χ1n) is 8.20. The van der Waals surface area contributed by atoms with E-state index in [1.54, 1.807) is 18.3 Å². The summed E-state index contributed by atoms with van der Waals surface area (Å²) in [6, 6.07) is 1.79. The monoisotopic (exact) mass is 415 g/mol. The third kappa shape index (κ3) is 5.30. The molecule has 2 N–H and O–H groups in total. The van der Waals surface area contributed by atoms with E-state index >= 15 is 0 Å². The second kappa shape index (κ2) is 8.29. The Morgan fingerprint density at radius 3 is 2.38 bits per heavy atom. The van der Waals surface area contributed by atoms with Gasteiger partial charge in [0.25, 0.3) is 17.7 Å². The van der Waals surface area contributed by atoms with E-state index in [1.807, 2.05) is 0 Å². The summed E-state index contributed by atoms with van der Waals surface area (Å²) in [7, 11) is 0. The highest BCUT2D eigenvalue weighted by molar-refractivity contribution is 6.22. The molecule has 1 atom stereocenters. The third-order valence-corrected chi connectivity index (χ3v) is 3.85. The zero-order valence-electron chi connectivity index (χ0n) is 15.3. The number of nitrogens with one attached hydrogen (secondary N) is 2. The van der Waals surface area contributed by atoms with Crippen molar-refractivity contribution in [3.63, 3.8) is 0 Å². The predicted octanol–water partition coefficient (Wildman–Crippen LogP) is 0.911. The van der Waals surface area contributed by atoms with Crippen LogP contribution in [0, 0.1) is 6.92 Å². The Labute approximate surface area is 162 Å². The van der Waals surface area contributed by atoms with E-state index in [0.29, 0.717) is 4.90 Å². The summed E-state index contributed by atoms with van der Waals surface area (Å²) in [5, 5.41) is 2.94. The van der Waals surface area contributed by atoms with Crippen molar-refractivity contribution in [1.82, 2.24) is 15.5 Å². The summed E-state index contributed by atoms with van der Waals surface area (Å²) in [5.41, 5.74) is 0.996. The maximum atomic E-state index is 12.4. The second-order valence-electron chi connectivity index (χ2n) is 6.16. The Kier molecular flexibility index (Phi) is 6.25. The Morgan fingerprint density at radius 1 is 1.14 bits per heavy atom. The van der Waals surface area contributed by atoms with Crippen LogP contribution >= 0.6 is 0 Å². The van der Waals surface area contributed by atoms with Crippen LogP contribution in [0.4, 0.5) is 18.0 Å². The summed E-state index contributed by atoms with van der Waals surface area (Å²) in [6.45, 7) is 0.291. The highest BCUT2D eigenvalue weighted by Gasteiger charge is 2.41. The first kappa shape index (κ1) is 21.9. The highest BCUT2D eigenvalue weighted by Crippen LogP contribution is 2.26. The Bertz CT molecular complexity index is 884. The normalized spacial score (nSPS) is 14.3. The molecule has 0 spiro atoms. The molecule has 2 rings (SSSR count). The van der Waals surface area contributed by atoms with Gasteiger partial charge in [-0.25, -0.2) is 9.59 Å². The van der Waals surface area contributed by atoms with Gasteiger partial charge in [-0.1, -0.05) is 11.6 Å². The Hall–Kier alpha value is -3.44. The predicted molar refractivity (Wildman–Crippen MR) is 89.7 cm³/mol. The smallest absolute Gasteiger partial charge is 0.405 e. The minimum atomic E-state index is -4.66. The molecule has 1 heterocycles. The van der Waals surface area contributed by atoms with Crippen molar-refractivity contribution < 1.29 is 41.9 Å². The van der Waals surface area contributed by atoms with E-state index in [1.165, 1.54) is 24.4 Å². The number of nitrogens with zero attached hydrogens (tertiary/aromatic N) is 1. The van der Waals surface area contributed by atoms with Gasteiger partial charge in [0, 0.05) is 0 Å². The van der Waals surface area contributed by atoms with Crippen LogP contribution in [0.15, 0.2) is 18.2 Å². The molecule has 0 aliphatic carbocycles. The number of urea groups is 1. The topological polar surface area (TPSA) is 122 Å². The molecule has 1 aromatic carbocycles. The molecular formula is C17H16F3N3O6. The average Bonchev–Trinajstić information content (AvgIpc) is 2.87. The number of hydrogen-bond donors (Lipinski definition) is 2. The number of ether oxygens (including phenoxy) is 1. The van der Waals surface area contributed by atoms with E-state index in [0.717, 1.165) is 5.56 Å². The number of fused-ring (bicyclic) bond motifs is 1. The van der Waals surface area contributed by atoms with Crippen molar-refractivity contribution in [1.29, 1.82) is 0 Å². The lowest BCUT2D eigenvalue weighted by Crippen LogP contribution is -2.46. The number of alkyl halides is 3. The van der Waals surface area contributed by atoms with Crippen LogP contribution in [0.1, 0.15) is 33.2 Å². The fraction of sp³-hybridized carbons (Fsp3) is 0.353. The van der Waals surface area contributed by atoms with Gasteiger partial charge in [0.05, 0.1) is 11.1 Å². The number of aryl methyl sites for hydroxylation is 1. The molecule has 29 heavy (non-hydrogen) atoms. The number of carbonyl (C=O) groups excluding carboxylic acids is 5.